The Morgan fingerprint density at radius 3 is 2.83 bits per heavy atom. The van der Waals surface area contributed by atoms with Crippen molar-refractivity contribution in [2.45, 2.75) is 13.0 Å². The number of amides is 1. The fourth-order valence-corrected chi connectivity index (χ4v) is 2.12. The van der Waals surface area contributed by atoms with Gasteiger partial charge in [-0.05, 0) is 25.1 Å². The molecule has 7 heteroatoms. The quantitative estimate of drug-likeness (QED) is 0.593. The van der Waals surface area contributed by atoms with Crippen LogP contribution in [-0.4, -0.2) is 27.1 Å². The largest absolute Gasteiger partial charge is 0.271 e. The van der Waals surface area contributed by atoms with Gasteiger partial charge in [0.05, 0.1) is 11.7 Å². The number of fused-ring (bicyclic) bond motifs is 1. The molecule has 1 amide bonds. The van der Waals surface area contributed by atoms with Gasteiger partial charge in [0.15, 0.2) is 0 Å². The molecule has 1 heterocycles. The predicted molar refractivity (Wildman–Crippen MR) is 84.4 cm³/mol. The van der Waals surface area contributed by atoms with Gasteiger partial charge in [0.1, 0.15) is 17.4 Å². The Kier molecular flexibility index (Phi) is 4.09. The summed E-state index contributed by atoms with van der Waals surface area (Å²) in [7, 11) is 0. The number of carbonyl (C=O) groups excluding carboxylic acids is 1. The molecule has 0 unspecified atom stereocenters. The van der Waals surface area contributed by atoms with Gasteiger partial charge in [-0.1, -0.05) is 35.5 Å². The molecule has 0 fully saturated rings. The summed E-state index contributed by atoms with van der Waals surface area (Å²) in [6, 6.07) is 12.9. The lowest BCUT2D eigenvalue weighted by Crippen LogP contribution is -2.28. The Bertz CT molecular complexity index is 874. The molecular weight excluding hydrogens is 297 g/mol. The monoisotopic (exact) mass is 311 g/mol. The van der Waals surface area contributed by atoms with Crippen LogP contribution in [0, 0.1) is 5.82 Å². The molecule has 0 radical (unpaired) electrons. The van der Waals surface area contributed by atoms with Crippen molar-refractivity contribution in [1.82, 2.24) is 20.4 Å². The van der Waals surface area contributed by atoms with Crippen molar-refractivity contribution in [3.63, 3.8) is 0 Å². The van der Waals surface area contributed by atoms with Gasteiger partial charge in [-0.2, -0.15) is 5.10 Å². The van der Waals surface area contributed by atoms with E-state index in [0.29, 0.717) is 11.1 Å². The number of nitrogens with one attached hydrogen (secondary N) is 1. The highest BCUT2D eigenvalue weighted by atomic mass is 19.1. The second-order valence-electron chi connectivity index (χ2n) is 4.95. The van der Waals surface area contributed by atoms with Crippen molar-refractivity contribution in [2.24, 2.45) is 5.10 Å². The summed E-state index contributed by atoms with van der Waals surface area (Å²) in [6.07, 6.45) is 1.26. The van der Waals surface area contributed by atoms with Crippen LogP contribution in [-0.2, 0) is 4.79 Å². The first-order valence-electron chi connectivity index (χ1n) is 7.04. The average molecular weight is 311 g/mol. The van der Waals surface area contributed by atoms with Crippen molar-refractivity contribution < 1.29 is 9.18 Å². The first kappa shape index (κ1) is 14.8. The summed E-state index contributed by atoms with van der Waals surface area (Å²) in [5.41, 5.74) is 4.15. The highest BCUT2D eigenvalue weighted by Crippen LogP contribution is 2.15. The molecule has 116 valence electrons. The zero-order chi connectivity index (χ0) is 16.2. The fourth-order valence-electron chi connectivity index (χ4n) is 2.12. The van der Waals surface area contributed by atoms with Crippen molar-refractivity contribution >= 4 is 23.2 Å². The summed E-state index contributed by atoms with van der Waals surface area (Å²) in [5.74, 6) is -0.769. The Morgan fingerprint density at radius 1 is 1.26 bits per heavy atom. The Hall–Kier alpha value is -3.09. The molecule has 0 saturated carbocycles. The van der Waals surface area contributed by atoms with E-state index >= 15 is 0 Å². The highest BCUT2D eigenvalue weighted by molar-refractivity contribution is 5.85. The number of hydrogen-bond donors (Lipinski definition) is 1. The zero-order valence-electron chi connectivity index (χ0n) is 12.3. The number of halogens is 1. The van der Waals surface area contributed by atoms with E-state index in [1.807, 2.05) is 24.3 Å². The number of aromatic nitrogens is 3. The van der Waals surface area contributed by atoms with E-state index in [1.165, 1.54) is 17.0 Å². The summed E-state index contributed by atoms with van der Waals surface area (Å²) in [4.78, 5) is 12.2. The maximum Gasteiger partial charge on any atom is 0.264 e. The maximum atomic E-state index is 13.4. The van der Waals surface area contributed by atoms with E-state index in [0.717, 1.165) is 5.52 Å². The number of carbonyl (C=O) groups is 1. The summed E-state index contributed by atoms with van der Waals surface area (Å²) in [6.45, 7) is 1.69. The molecule has 0 saturated heterocycles. The lowest BCUT2D eigenvalue weighted by atomic mass is 10.2. The number of hydrazone groups is 1. The van der Waals surface area contributed by atoms with Crippen molar-refractivity contribution in [3.8, 4) is 0 Å². The van der Waals surface area contributed by atoms with E-state index in [2.05, 4.69) is 20.8 Å². The van der Waals surface area contributed by atoms with Gasteiger partial charge in [0.2, 0.25) is 0 Å². The van der Waals surface area contributed by atoms with E-state index < -0.39 is 11.9 Å². The molecule has 2 aromatic carbocycles. The van der Waals surface area contributed by atoms with Gasteiger partial charge in [0.25, 0.3) is 5.91 Å². The van der Waals surface area contributed by atoms with Crippen LogP contribution in [0.15, 0.2) is 53.6 Å². The van der Waals surface area contributed by atoms with Gasteiger partial charge in [-0.15, -0.1) is 5.10 Å². The second-order valence-corrected chi connectivity index (χ2v) is 4.95. The minimum atomic E-state index is -0.597. The molecule has 23 heavy (non-hydrogen) atoms. The van der Waals surface area contributed by atoms with E-state index in [4.69, 9.17) is 0 Å². The molecule has 3 aromatic rings. The maximum absolute atomic E-state index is 13.4. The first-order chi connectivity index (χ1) is 11.2. The lowest BCUT2D eigenvalue weighted by molar-refractivity contribution is -0.124. The molecular formula is C16H14FN5O. The summed E-state index contributed by atoms with van der Waals surface area (Å²) in [5, 5.41) is 11.8. The minimum absolute atomic E-state index is 0.298. The average Bonchev–Trinajstić information content (AvgIpc) is 3.00. The van der Waals surface area contributed by atoms with Crippen LogP contribution in [0.1, 0.15) is 18.5 Å². The van der Waals surface area contributed by atoms with Gasteiger partial charge < -0.3 is 0 Å². The molecule has 0 aliphatic rings. The van der Waals surface area contributed by atoms with Gasteiger partial charge in [-0.3, -0.25) is 4.79 Å². The summed E-state index contributed by atoms with van der Waals surface area (Å²) < 4.78 is 15.0. The SMILES string of the molecule is C[C@H](C(=O)N/N=C\c1ccccc1F)n1nnc2ccccc21. The normalized spacial score (nSPS) is 12.6. The van der Waals surface area contributed by atoms with Crippen LogP contribution in [0.25, 0.3) is 11.0 Å². The van der Waals surface area contributed by atoms with Crippen LogP contribution in [0.3, 0.4) is 0 Å². The molecule has 0 bridgehead atoms. The van der Waals surface area contributed by atoms with Crippen molar-refractivity contribution in [2.75, 3.05) is 0 Å². The molecule has 1 aromatic heterocycles. The molecule has 1 atom stereocenters. The zero-order valence-corrected chi connectivity index (χ0v) is 12.3. The second kappa shape index (κ2) is 6.35. The van der Waals surface area contributed by atoms with Gasteiger partial charge >= 0.3 is 0 Å². The predicted octanol–water partition coefficient (Wildman–Crippen LogP) is 2.28. The number of hydrogen-bond acceptors (Lipinski definition) is 4. The van der Waals surface area contributed by atoms with Gasteiger partial charge in [-0.25, -0.2) is 14.5 Å². The number of benzene rings is 2. The van der Waals surface area contributed by atoms with Crippen molar-refractivity contribution in [1.29, 1.82) is 0 Å². The van der Waals surface area contributed by atoms with Gasteiger partial charge in [0, 0.05) is 5.56 Å². The topological polar surface area (TPSA) is 72.2 Å². The molecule has 0 spiro atoms. The number of para-hydroxylation sites is 1. The van der Waals surface area contributed by atoms with E-state index in [1.54, 1.807) is 25.1 Å². The fraction of sp³-hybridized carbons (Fsp3) is 0.125. The molecule has 3 rings (SSSR count). The number of rotatable bonds is 4. The van der Waals surface area contributed by atoms with Crippen LogP contribution >= 0.6 is 0 Å². The lowest BCUT2D eigenvalue weighted by Gasteiger charge is -2.10. The van der Waals surface area contributed by atoms with Crippen molar-refractivity contribution in [3.05, 3.63) is 59.9 Å². The Morgan fingerprint density at radius 2 is 2.00 bits per heavy atom. The molecule has 0 aliphatic heterocycles. The minimum Gasteiger partial charge on any atom is -0.271 e. The van der Waals surface area contributed by atoms with Crippen LogP contribution in [0.5, 0.6) is 0 Å². The van der Waals surface area contributed by atoms with E-state index in [9.17, 15) is 9.18 Å². The highest BCUT2D eigenvalue weighted by Gasteiger charge is 2.18. The molecule has 6 nitrogen and oxygen atoms in total. The smallest absolute Gasteiger partial charge is 0.264 e. The standard InChI is InChI=1S/C16H14FN5O/c1-11(22-15-9-5-4-8-14(15)19-21-22)16(23)20-18-10-12-6-2-3-7-13(12)17/h2-11H,1H3,(H,20,23)/b18-10-/t11-/m1/s1. The Labute approximate surface area is 131 Å². The third-order valence-corrected chi connectivity index (χ3v) is 3.41. The third kappa shape index (κ3) is 3.08. The molecule has 1 N–H and O–H groups in total. The van der Waals surface area contributed by atoms with Crippen LogP contribution in [0.2, 0.25) is 0 Å². The summed E-state index contributed by atoms with van der Waals surface area (Å²) >= 11 is 0. The van der Waals surface area contributed by atoms with Crippen LogP contribution < -0.4 is 5.43 Å². The molecule has 0 aliphatic carbocycles. The van der Waals surface area contributed by atoms with Crippen LogP contribution in [0.4, 0.5) is 4.39 Å². The Balaban J connectivity index is 1.72. The number of nitrogens with zero attached hydrogens (tertiary/aromatic N) is 4. The van der Waals surface area contributed by atoms with E-state index in [-0.39, 0.29) is 5.91 Å². The third-order valence-electron chi connectivity index (χ3n) is 3.41. The first-order valence-corrected chi connectivity index (χ1v) is 7.04.